The van der Waals surface area contributed by atoms with Crippen molar-refractivity contribution >= 4 is 21.9 Å². The Labute approximate surface area is 284 Å². The quantitative estimate of drug-likeness (QED) is 0.184. The van der Waals surface area contributed by atoms with Gasteiger partial charge in [-0.05, 0) is 33.9 Å². The highest BCUT2D eigenvalue weighted by Gasteiger charge is 2.17. The SMILES string of the molecule is c1ccc(-c2ccc(-c3nc(-c4ccccc4)nc(-c4ccc(-c5cccc6c5oc5cccc(-c7ccccc7)c56)cc4)n3)cc2)cc1. The number of fused-ring (bicyclic) bond motifs is 3. The first-order valence-corrected chi connectivity index (χ1v) is 16.4. The average molecular weight is 628 g/mol. The summed E-state index contributed by atoms with van der Waals surface area (Å²) in [7, 11) is 0. The van der Waals surface area contributed by atoms with Crippen molar-refractivity contribution in [3.05, 3.63) is 176 Å². The summed E-state index contributed by atoms with van der Waals surface area (Å²) in [4.78, 5) is 14.8. The van der Waals surface area contributed by atoms with Crippen LogP contribution in [0.1, 0.15) is 0 Å². The zero-order valence-electron chi connectivity index (χ0n) is 26.5. The molecule has 0 aliphatic heterocycles. The van der Waals surface area contributed by atoms with Crippen molar-refractivity contribution in [2.75, 3.05) is 0 Å². The molecule has 0 radical (unpaired) electrons. The second-order valence-electron chi connectivity index (χ2n) is 12.0. The Bertz CT molecular complexity index is 2560. The molecule has 0 spiro atoms. The first-order valence-electron chi connectivity index (χ1n) is 16.4. The van der Waals surface area contributed by atoms with E-state index in [4.69, 9.17) is 19.4 Å². The third kappa shape index (κ3) is 5.35. The van der Waals surface area contributed by atoms with Crippen molar-refractivity contribution in [1.29, 1.82) is 0 Å². The number of rotatable bonds is 6. The summed E-state index contributed by atoms with van der Waals surface area (Å²) in [6.07, 6.45) is 0. The number of furan rings is 1. The molecule has 230 valence electrons. The van der Waals surface area contributed by atoms with Crippen LogP contribution in [-0.4, -0.2) is 15.0 Å². The lowest BCUT2D eigenvalue weighted by Gasteiger charge is -2.10. The topological polar surface area (TPSA) is 51.8 Å². The van der Waals surface area contributed by atoms with E-state index in [0.29, 0.717) is 17.5 Å². The van der Waals surface area contributed by atoms with Crippen molar-refractivity contribution in [2.45, 2.75) is 0 Å². The predicted octanol–water partition coefficient (Wildman–Crippen LogP) is 11.8. The fourth-order valence-corrected chi connectivity index (χ4v) is 6.53. The summed E-state index contributed by atoms with van der Waals surface area (Å²) in [5, 5.41) is 2.23. The Kier molecular flexibility index (Phi) is 7.10. The van der Waals surface area contributed by atoms with Gasteiger partial charge in [0.05, 0.1) is 0 Å². The lowest BCUT2D eigenvalue weighted by Crippen LogP contribution is -2.00. The van der Waals surface area contributed by atoms with E-state index in [9.17, 15) is 0 Å². The van der Waals surface area contributed by atoms with E-state index in [1.54, 1.807) is 0 Å². The summed E-state index contributed by atoms with van der Waals surface area (Å²) in [6, 6.07) is 60.4. The molecule has 0 amide bonds. The fourth-order valence-electron chi connectivity index (χ4n) is 6.53. The van der Waals surface area contributed by atoms with Crippen LogP contribution in [0.3, 0.4) is 0 Å². The first-order chi connectivity index (χ1) is 24.3. The highest BCUT2D eigenvalue weighted by atomic mass is 16.3. The maximum atomic E-state index is 6.55. The van der Waals surface area contributed by atoms with E-state index in [-0.39, 0.29) is 0 Å². The van der Waals surface area contributed by atoms with Gasteiger partial charge in [-0.15, -0.1) is 0 Å². The summed E-state index contributed by atoms with van der Waals surface area (Å²) in [5.74, 6) is 1.89. The minimum atomic E-state index is 0.622. The van der Waals surface area contributed by atoms with Crippen LogP contribution < -0.4 is 0 Å². The number of hydrogen-bond donors (Lipinski definition) is 0. The third-order valence-electron chi connectivity index (χ3n) is 8.98. The Hall–Kier alpha value is -6.65. The minimum Gasteiger partial charge on any atom is -0.455 e. The van der Waals surface area contributed by atoms with Gasteiger partial charge in [0.15, 0.2) is 17.5 Å². The van der Waals surface area contributed by atoms with Crippen molar-refractivity contribution in [1.82, 2.24) is 15.0 Å². The molecule has 2 heterocycles. The van der Waals surface area contributed by atoms with Gasteiger partial charge in [0.1, 0.15) is 11.2 Å². The molecule has 0 aliphatic carbocycles. The molecule has 7 aromatic carbocycles. The summed E-state index contributed by atoms with van der Waals surface area (Å²) in [6.45, 7) is 0. The predicted molar refractivity (Wildman–Crippen MR) is 200 cm³/mol. The first kappa shape index (κ1) is 28.6. The minimum absolute atomic E-state index is 0.622. The van der Waals surface area contributed by atoms with Crippen LogP contribution in [0.5, 0.6) is 0 Å². The Morgan fingerprint density at radius 2 is 0.714 bits per heavy atom. The molecule has 9 rings (SSSR count). The molecule has 0 saturated heterocycles. The van der Waals surface area contributed by atoms with E-state index >= 15 is 0 Å². The molecule has 2 aromatic heterocycles. The van der Waals surface area contributed by atoms with Crippen LogP contribution in [-0.2, 0) is 0 Å². The number of hydrogen-bond acceptors (Lipinski definition) is 4. The summed E-state index contributed by atoms with van der Waals surface area (Å²) >= 11 is 0. The van der Waals surface area contributed by atoms with Crippen molar-refractivity contribution in [3.63, 3.8) is 0 Å². The number of para-hydroxylation sites is 1. The van der Waals surface area contributed by atoms with Gasteiger partial charge in [-0.25, -0.2) is 15.0 Å². The Balaban J connectivity index is 1.11. The van der Waals surface area contributed by atoms with Crippen molar-refractivity contribution in [2.24, 2.45) is 0 Å². The molecular formula is C45H29N3O. The molecule has 4 heteroatoms. The molecular weight excluding hydrogens is 599 g/mol. The molecule has 0 unspecified atom stereocenters. The van der Waals surface area contributed by atoms with Gasteiger partial charge in [-0.2, -0.15) is 0 Å². The van der Waals surface area contributed by atoms with Gasteiger partial charge < -0.3 is 4.42 Å². The molecule has 0 N–H and O–H groups in total. The number of benzene rings is 7. The summed E-state index contributed by atoms with van der Waals surface area (Å²) in [5.41, 5.74) is 11.3. The van der Waals surface area contributed by atoms with Gasteiger partial charge in [-0.3, -0.25) is 0 Å². The molecule has 0 fully saturated rings. The van der Waals surface area contributed by atoms with Crippen LogP contribution in [0.25, 0.3) is 89.5 Å². The molecule has 0 aliphatic rings. The van der Waals surface area contributed by atoms with Gasteiger partial charge in [0.25, 0.3) is 0 Å². The lowest BCUT2D eigenvalue weighted by molar-refractivity contribution is 0.670. The van der Waals surface area contributed by atoms with Crippen LogP contribution >= 0.6 is 0 Å². The maximum Gasteiger partial charge on any atom is 0.164 e. The van der Waals surface area contributed by atoms with E-state index in [1.165, 1.54) is 16.7 Å². The van der Waals surface area contributed by atoms with Crippen LogP contribution in [0.15, 0.2) is 180 Å². The monoisotopic (exact) mass is 627 g/mol. The van der Waals surface area contributed by atoms with E-state index in [2.05, 4.69) is 127 Å². The lowest BCUT2D eigenvalue weighted by atomic mass is 9.97. The van der Waals surface area contributed by atoms with Crippen molar-refractivity contribution in [3.8, 4) is 67.5 Å². The number of nitrogens with zero attached hydrogens (tertiary/aromatic N) is 3. The van der Waals surface area contributed by atoms with Crippen LogP contribution in [0.2, 0.25) is 0 Å². The Morgan fingerprint density at radius 3 is 1.31 bits per heavy atom. The largest absolute Gasteiger partial charge is 0.455 e. The van der Waals surface area contributed by atoms with Crippen molar-refractivity contribution < 1.29 is 4.42 Å². The highest BCUT2D eigenvalue weighted by Crippen LogP contribution is 2.40. The second kappa shape index (κ2) is 12.2. The third-order valence-corrected chi connectivity index (χ3v) is 8.98. The summed E-state index contributed by atoms with van der Waals surface area (Å²) < 4.78 is 6.55. The van der Waals surface area contributed by atoms with Crippen LogP contribution in [0.4, 0.5) is 0 Å². The molecule has 0 bridgehead atoms. The highest BCUT2D eigenvalue weighted by molar-refractivity contribution is 6.15. The van der Waals surface area contributed by atoms with E-state index < -0.39 is 0 Å². The Morgan fingerprint density at radius 1 is 0.306 bits per heavy atom. The van der Waals surface area contributed by atoms with Gasteiger partial charge >= 0.3 is 0 Å². The fraction of sp³-hybridized carbons (Fsp3) is 0. The molecule has 9 aromatic rings. The van der Waals surface area contributed by atoms with Gasteiger partial charge in [0.2, 0.25) is 0 Å². The smallest absolute Gasteiger partial charge is 0.164 e. The maximum absolute atomic E-state index is 6.55. The number of aromatic nitrogens is 3. The zero-order valence-corrected chi connectivity index (χ0v) is 26.5. The molecule has 4 nitrogen and oxygen atoms in total. The average Bonchev–Trinajstić information content (AvgIpc) is 3.58. The second-order valence-corrected chi connectivity index (χ2v) is 12.0. The van der Waals surface area contributed by atoms with Gasteiger partial charge in [-0.1, -0.05) is 170 Å². The zero-order chi connectivity index (χ0) is 32.6. The standard InChI is InChI=1S/C45H29N3O/c1-4-12-30(13-5-1)31-22-26-35(27-23-31)44-46-43(34-16-8-3-9-17-34)47-45(48-44)36-28-24-33(25-29-36)38-19-10-20-39-41-37(32-14-6-2-7-15-32)18-11-21-40(41)49-42(38)39/h1-29H. The molecule has 49 heavy (non-hydrogen) atoms. The normalized spacial score (nSPS) is 11.3. The van der Waals surface area contributed by atoms with Gasteiger partial charge in [0, 0.05) is 33.0 Å². The van der Waals surface area contributed by atoms with Crippen LogP contribution in [0, 0.1) is 0 Å². The molecule has 0 atom stereocenters. The van der Waals surface area contributed by atoms with E-state index in [1.807, 2.05) is 48.5 Å². The van der Waals surface area contributed by atoms with E-state index in [0.717, 1.165) is 55.3 Å². The molecule has 0 saturated carbocycles.